The van der Waals surface area contributed by atoms with Crippen molar-refractivity contribution in [1.29, 1.82) is 0 Å². The zero-order chi connectivity index (χ0) is 51.5. The van der Waals surface area contributed by atoms with E-state index in [0.29, 0.717) is 28.7 Å². The van der Waals surface area contributed by atoms with Crippen molar-refractivity contribution in [2.45, 2.75) is 187 Å². The fourth-order valence-electron chi connectivity index (χ4n) is 8.48. The standard InChI is InChI=1S/C51H74O18/c1-12-31-23-34(53)24-36(55)39(31)48(61)67-44-30(8)64-50(45(62-11)42(44)59)63-25-33-17-15-16-18-35(54)27(5)22-32(13-2)43(28(6)21-26(4)19-20-37(29(7)52)65-47(33)60)68-49-41(58)40(57)46(51(9,10)69-49)66-38(56)14-3/h15-17,19,21-24,29-30,32,35,37,40-46,49-50,52-55,57-59H,12-14,18,20,25H2,1-11H3/b16-15+,26-19+,27-22+,28-21+,33-17+/t29-,30-,32+,35+,37+,40-,41+,42+,43+,44-,45+,46+,49-,50-/m1/s1. The largest absolute Gasteiger partial charge is 0.508 e. The van der Waals surface area contributed by atoms with E-state index >= 15 is 0 Å². The first kappa shape index (κ1) is 57.1. The number of rotatable bonds is 13. The van der Waals surface area contributed by atoms with Crippen LogP contribution in [0.5, 0.6) is 11.5 Å². The van der Waals surface area contributed by atoms with Crippen molar-refractivity contribution >= 4 is 17.9 Å². The van der Waals surface area contributed by atoms with Gasteiger partial charge in [-0.25, -0.2) is 9.59 Å². The maximum absolute atomic E-state index is 13.9. The molecule has 69 heavy (non-hydrogen) atoms. The van der Waals surface area contributed by atoms with E-state index in [1.807, 2.05) is 32.9 Å². The summed E-state index contributed by atoms with van der Waals surface area (Å²) < 4.78 is 47.3. The van der Waals surface area contributed by atoms with Crippen molar-refractivity contribution in [2.75, 3.05) is 13.7 Å². The number of hydrogen-bond acceptors (Lipinski definition) is 18. The zero-order valence-corrected chi connectivity index (χ0v) is 41.6. The van der Waals surface area contributed by atoms with Crippen LogP contribution >= 0.6 is 0 Å². The molecule has 0 unspecified atom stereocenters. The van der Waals surface area contributed by atoms with Crippen LogP contribution in [0.15, 0.2) is 70.9 Å². The molecule has 7 N–H and O–H groups in total. The maximum atomic E-state index is 13.9. The monoisotopic (exact) mass is 974 g/mol. The third kappa shape index (κ3) is 14.8. The van der Waals surface area contributed by atoms with Crippen molar-refractivity contribution in [3.63, 3.8) is 0 Å². The summed E-state index contributed by atoms with van der Waals surface area (Å²) in [4.78, 5) is 39.4. The van der Waals surface area contributed by atoms with Gasteiger partial charge in [0.15, 0.2) is 24.8 Å². The third-order valence-electron chi connectivity index (χ3n) is 12.6. The Kier molecular flexibility index (Phi) is 21.2. The van der Waals surface area contributed by atoms with Crippen LogP contribution < -0.4 is 0 Å². The Hall–Kier alpha value is -4.47. The van der Waals surface area contributed by atoms with E-state index < -0.39 is 116 Å². The number of ether oxygens (including phenoxy) is 8. The van der Waals surface area contributed by atoms with Gasteiger partial charge in [0.1, 0.15) is 53.2 Å². The minimum absolute atomic E-state index is 0.0124. The van der Waals surface area contributed by atoms with E-state index in [1.54, 1.807) is 52.8 Å². The van der Waals surface area contributed by atoms with Crippen LogP contribution in [0.3, 0.4) is 0 Å². The number of benzene rings is 1. The van der Waals surface area contributed by atoms with Gasteiger partial charge in [-0.05, 0) is 96.6 Å². The summed E-state index contributed by atoms with van der Waals surface area (Å²) in [5.41, 5.74) is 0.897. The Bertz CT molecular complexity index is 2070. The smallest absolute Gasteiger partial charge is 0.342 e. The SMILES string of the molecule is CCC(=O)O[C@H]1[C@H](O)[C@H](O)[C@H](O[C@H]2/C(C)=C/C(C)=C/C[C@@H]([C@@H](C)O)OC(=O)/C(CO[C@@H]3O[C@H](C)[C@@H](OC(=O)c4c(O)cc(O)cc4CC)[C@H](O)[C@@H]3OC)=C/C=C/C[C@H](O)/C(C)=C/[C@@H]2CC)OC1(C)C. The highest BCUT2D eigenvalue weighted by atomic mass is 16.7. The molecule has 0 bridgehead atoms. The first-order chi connectivity index (χ1) is 32.5. The molecule has 0 amide bonds. The van der Waals surface area contributed by atoms with Crippen LogP contribution in [0.25, 0.3) is 0 Å². The number of carbonyl (C=O) groups excluding carboxylic acids is 3. The summed E-state index contributed by atoms with van der Waals surface area (Å²) in [6, 6.07) is 2.34. The van der Waals surface area contributed by atoms with E-state index in [9.17, 15) is 50.1 Å². The zero-order valence-electron chi connectivity index (χ0n) is 41.6. The molecule has 0 spiro atoms. The Morgan fingerprint density at radius 1 is 0.928 bits per heavy atom. The summed E-state index contributed by atoms with van der Waals surface area (Å²) >= 11 is 0. The highest BCUT2D eigenvalue weighted by Gasteiger charge is 2.53. The van der Waals surface area contributed by atoms with E-state index in [0.717, 1.165) is 6.07 Å². The van der Waals surface area contributed by atoms with E-state index in [2.05, 4.69) is 0 Å². The summed E-state index contributed by atoms with van der Waals surface area (Å²) in [5, 5.41) is 76.4. The molecule has 1 aromatic rings. The number of methoxy groups -OCH3 is 1. The number of esters is 3. The highest BCUT2D eigenvalue weighted by molar-refractivity contribution is 5.94. The first-order valence-corrected chi connectivity index (χ1v) is 23.6. The minimum atomic E-state index is -1.59. The van der Waals surface area contributed by atoms with Gasteiger partial charge >= 0.3 is 17.9 Å². The van der Waals surface area contributed by atoms with Crippen LogP contribution in [0, 0.1) is 5.92 Å². The molecule has 2 fully saturated rings. The Morgan fingerprint density at radius 3 is 2.25 bits per heavy atom. The lowest BCUT2D eigenvalue weighted by atomic mass is 9.88. The number of carbonyl (C=O) groups is 3. The molecule has 386 valence electrons. The number of aryl methyl sites for hydroxylation is 1. The molecular formula is C51H74O18. The molecule has 14 atom stereocenters. The normalized spacial score (nSPS) is 35.7. The number of hydrogen-bond donors (Lipinski definition) is 7. The van der Waals surface area contributed by atoms with Crippen LogP contribution in [-0.2, 0) is 53.9 Å². The van der Waals surface area contributed by atoms with Gasteiger partial charge in [0.25, 0.3) is 0 Å². The molecule has 18 heteroatoms. The average molecular weight is 975 g/mol. The molecule has 3 aliphatic heterocycles. The lowest BCUT2D eigenvalue weighted by Gasteiger charge is -2.47. The van der Waals surface area contributed by atoms with Crippen molar-refractivity contribution in [3.8, 4) is 11.5 Å². The van der Waals surface area contributed by atoms with Crippen molar-refractivity contribution in [1.82, 2.24) is 0 Å². The second kappa shape index (κ2) is 25.6. The van der Waals surface area contributed by atoms with Crippen molar-refractivity contribution in [3.05, 3.63) is 82.0 Å². The van der Waals surface area contributed by atoms with Gasteiger partial charge in [0, 0.05) is 31.9 Å². The van der Waals surface area contributed by atoms with Crippen LogP contribution in [0.4, 0.5) is 0 Å². The van der Waals surface area contributed by atoms with E-state index in [4.69, 9.17) is 37.9 Å². The fourth-order valence-corrected chi connectivity index (χ4v) is 8.48. The highest BCUT2D eigenvalue weighted by Crippen LogP contribution is 2.36. The Balaban J connectivity index is 1.60. The molecule has 1 aromatic carbocycles. The molecule has 3 aliphatic rings. The maximum Gasteiger partial charge on any atom is 0.342 e. The number of aliphatic hydroxyl groups is 5. The van der Waals surface area contributed by atoms with E-state index in [1.165, 1.54) is 33.1 Å². The molecule has 4 rings (SSSR count). The molecule has 0 radical (unpaired) electrons. The molecule has 3 heterocycles. The quantitative estimate of drug-likeness (QED) is 0.0804. The summed E-state index contributed by atoms with van der Waals surface area (Å²) in [6.07, 6.45) is -4.59. The van der Waals surface area contributed by atoms with E-state index in [-0.39, 0.29) is 48.5 Å². The van der Waals surface area contributed by atoms with Gasteiger partial charge in [-0.3, -0.25) is 4.79 Å². The van der Waals surface area contributed by atoms with Crippen LogP contribution in [0.2, 0.25) is 0 Å². The summed E-state index contributed by atoms with van der Waals surface area (Å²) in [6.45, 7) is 16.6. The number of cyclic esters (lactones) is 1. The summed E-state index contributed by atoms with van der Waals surface area (Å²) in [7, 11) is 1.29. The van der Waals surface area contributed by atoms with Crippen LogP contribution in [0.1, 0.15) is 111 Å². The first-order valence-electron chi connectivity index (χ1n) is 23.6. The van der Waals surface area contributed by atoms with Gasteiger partial charge < -0.3 is 73.6 Å². The lowest BCUT2D eigenvalue weighted by molar-refractivity contribution is -0.333. The predicted octanol–water partition coefficient (Wildman–Crippen LogP) is 4.68. The predicted molar refractivity (Wildman–Crippen MR) is 251 cm³/mol. The minimum Gasteiger partial charge on any atom is -0.508 e. The third-order valence-corrected chi connectivity index (χ3v) is 12.6. The Labute approximate surface area is 404 Å². The van der Waals surface area contributed by atoms with Crippen LogP contribution in [-0.4, -0.2) is 153 Å². The molecular weight excluding hydrogens is 901 g/mol. The topological polar surface area (TPSA) is 267 Å². The summed E-state index contributed by atoms with van der Waals surface area (Å²) in [5.74, 6) is -3.47. The van der Waals surface area contributed by atoms with Gasteiger partial charge in [0.05, 0.1) is 36.6 Å². The molecule has 0 aromatic heterocycles. The van der Waals surface area contributed by atoms with Crippen molar-refractivity contribution in [2.24, 2.45) is 5.92 Å². The van der Waals surface area contributed by atoms with Gasteiger partial charge in [-0.15, -0.1) is 0 Å². The average Bonchev–Trinajstić information content (AvgIpc) is 3.28. The van der Waals surface area contributed by atoms with Gasteiger partial charge in [0.2, 0.25) is 0 Å². The molecule has 0 aliphatic carbocycles. The second-order valence-corrected chi connectivity index (χ2v) is 18.4. The number of allylic oxidation sites excluding steroid dienone is 4. The molecule has 0 saturated carbocycles. The van der Waals surface area contributed by atoms with Gasteiger partial charge in [-0.2, -0.15) is 0 Å². The fraction of sp³-hybridized carbons (Fsp3) is 0.627. The van der Waals surface area contributed by atoms with Gasteiger partial charge in [-0.1, -0.05) is 56.7 Å². The molecule has 18 nitrogen and oxygen atoms in total. The Morgan fingerprint density at radius 2 is 1.62 bits per heavy atom. The molecule has 2 saturated heterocycles. The number of phenols is 2. The number of aliphatic hydroxyl groups excluding tert-OH is 5. The number of aromatic hydroxyl groups is 2. The lowest BCUT2D eigenvalue weighted by Crippen LogP contribution is -2.64. The number of phenolic OH excluding ortho intramolecular Hbond substituents is 2. The second-order valence-electron chi connectivity index (χ2n) is 18.4. The van der Waals surface area contributed by atoms with Crippen molar-refractivity contribution < 1.29 is 88.0 Å².